The van der Waals surface area contributed by atoms with E-state index < -0.39 is 0 Å². The first-order valence-corrected chi connectivity index (χ1v) is 11.2. The maximum absolute atomic E-state index is 13.0. The molecule has 2 aromatic heterocycles. The minimum Gasteiger partial charge on any atom is -0.348 e. The number of carbonyl (C=O) groups is 1. The van der Waals surface area contributed by atoms with Gasteiger partial charge < -0.3 is 5.32 Å². The van der Waals surface area contributed by atoms with Crippen LogP contribution in [0.25, 0.3) is 11.0 Å². The van der Waals surface area contributed by atoms with E-state index in [9.17, 15) is 9.59 Å². The molecular formula is C23H28N4O2S. The Morgan fingerprint density at radius 1 is 1.10 bits per heavy atom. The van der Waals surface area contributed by atoms with Gasteiger partial charge in [0, 0.05) is 12.7 Å². The molecule has 0 aliphatic carbocycles. The molecule has 0 radical (unpaired) electrons. The predicted octanol–water partition coefficient (Wildman–Crippen LogP) is 4.05. The number of carbonyl (C=O) groups excluding carboxylic acids is 1. The molecule has 0 saturated carbocycles. The number of amides is 1. The van der Waals surface area contributed by atoms with Crippen molar-refractivity contribution in [2.45, 2.75) is 45.4 Å². The molecule has 1 amide bonds. The highest BCUT2D eigenvalue weighted by molar-refractivity contribution is 7.99. The fourth-order valence-corrected chi connectivity index (χ4v) is 4.12. The Morgan fingerprint density at radius 3 is 2.50 bits per heavy atom. The van der Waals surface area contributed by atoms with Gasteiger partial charge in [0.25, 0.3) is 5.56 Å². The lowest BCUT2D eigenvalue weighted by atomic mass is 9.96. The van der Waals surface area contributed by atoms with Gasteiger partial charge in [0.2, 0.25) is 5.91 Å². The highest BCUT2D eigenvalue weighted by Crippen LogP contribution is 2.23. The normalized spacial score (nSPS) is 12.5. The molecule has 0 aliphatic rings. The number of nitrogens with zero attached hydrogens (tertiary/aromatic N) is 3. The summed E-state index contributed by atoms with van der Waals surface area (Å²) in [6.45, 7) is 8.81. The van der Waals surface area contributed by atoms with Crippen LogP contribution in [-0.4, -0.2) is 26.2 Å². The number of aromatic nitrogens is 3. The van der Waals surface area contributed by atoms with Gasteiger partial charge in [-0.15, -0.1) is 0 Å². The zero-order valence-electron chi connectivity index (χ0n) is 17.8. The third-order valence-electron chi connectivity index (χ3n) is 4.72. The molecule has 0 spiro atoms. The summed E-state index contributed by atoms with van der Waals surface area (Å²) in [5.74, 6) is 0.617. The number of hydrogen-bond donors (Lipinski definition) is 1. The standard InChI is InChI=1S/C23H28N4O2S/c1-15(2)13-27-22(29)18-11-8-12-24-21(18)26-23(27)30-14-19(28)25-20(16(3)4)17-9-6-5-7-10-17/h5-12,15-16,20H,13-14H2,1-4H3,(H,25,28). The number of fused-ring (bicyclic) bond motifs is 1. The number of nitrogens with one attached hydrogen (secondary N) is 1. The van der Waals surface area contributed by atoms with Crippen molar-refractivity contribution in [1.29, 1.82) is 0 Å². The molecule has 3 rings (SSSR count). The topological polar surface area (TPSA) is 76.9 Å². The summed E-state index contributed by atoms with van der Waals surface area (Å²) in [4.78, 5) is 34.5. The Morgan fingerprint density at radius 2 is 1.83 bits per heavy atom. The van der Waals surface area contributed by atoms with E-state index in [1.165, 1.54) is 11.8 Å². The molecule has 1 aromatic carbocycles. The van der Waals surface area contributed by atoms with Gasteiger partial charge in [-0.2, -0.15) is 0 Å². The number of rotatable bonds is 8. The van der Waals surface area contributed by atoms with E-state index in [2.05, 4.69) is 29.1 Å². The number of benzene rings is 1. The Labute approximate surface area is 181 Å². The summed E-state index contributed by atoms with van der Waals surface area (Å²) in [5, 5.41) is 4.14. The van der Waals surface area contributed by atoms with Crippen LogP contribution in [0.5, 0.6) is 0 Å². The van der Waals surface area contributed by atoms with Gasteiger partial charge in [0.15, 0.2) is 10.8 Å². The number of thioether (sulfide) groups is 1. The average Bonchev–Trinajstić information content (AvgIpc) is 2.73. The highest BCUT2D eigenvalue weighted by Gasteiger charge is 2.19. The summed E-state index contributed by atoms with van der Waals surface area (Å²) in [6.07, 6.45) is 1.62. The van der Waals surface area contributed by atoms with Crippen LogP contribution in [-0.2, 0) is 11.3 Å². The molecule has 158 valence electrons. The fraction of sp³-hybridized carbons (Fsp3) is 0.391. The van der Waals surface area contributed by atoms with Crippen LogP contribution in [0.4, 0.5) is 0 Å². The Bertz CT molecular complexity index is 1060. The summed E-state index contributed by atoms with van der Waals surface area (Å²) in [7, 11) is 0. The van der Waals surface area contributed by atoms with Crippen LogP contribution in [0, 0.1) is 11.8 Å². The lowest BCUT2D eigenvalue weighted by molar-refractivity contribution is -0.119. The number of pyridine rings is 1. The van der Waals surface area contributed by atoms with Crippen LogP contribution < -0.4 is 10.9 Å². The van der Waals surface area contributed by atoms with Gasteiger partial charge in [-0.1, -0.05) is 69.8 Å². The summed E-state index contributed by atoms with van der Waals surface area (Å²) < 4.78 is 1.66. The van der Waals surface area contributed by atoms with Crippen molar-refractivity contribution in [2.24, 2.45) is 11.8 Å². The van der Waals surface area contributed by atoms with Crippen molar-refractivity contribution in [1.82, 2.24) is 19.9 Å². The third-order valence-corrected chi connectivity index (χ3v) is 5.69. The molecule has 1 N–H and O–H groups in total. The minimum atomic E-state index is -0.117. The second kappa shape index (κ2) is 9.89. The molecule has 7 heteroatoms. The van der Waals surface area contributed by atoms with Crippen molar-refractivity contribution >= 4 is 28.7 Å². The van der Waals surface area contributed by atoms with Crippen molar-refractivity contribution in [3.05, 3.63) is 64.6 Å². The Hall–Kier alpha value is -2.67. The van der Waals surface area contributed by atoms with Gasteiger partial charge in [0.1, 0.15) is 0 Å². The zero-order chi connectivity index (χ0) is 21.7. The van der Waals surface area contributed by atoms with Gasteiger partial charge >= 0.3 is 0 Å². The second-order valence-electron chi connectivity index (χ2n) is 8.07. The van der Waals surface area contributed by atoms with Gasteiger partial charge in [0.05, 0.1) is 17.2 Å². The molecule has 0 fully saturated rings. The van der Waals surface area contributed by atoms with E-state index in [1.807, 2.05) is 44.2 Å². The quantitative estimate of drug-likeness (QED) is 0.436. The SMILES string of the molecule is CC(C)Cn1c(SCC(=O)NC(c2ccccc2)C(C)C)nc2ncccc2c1=O. The number of hydrogen-bond acceptors (Lipinski definition) is 5. The van der Waals surface area contributed by atoms with E-state index in [0.717, 1.165) is 5.56 Å². The van der Waals surface area contributed by atoms with Crippen LogP contribution in [0.1, 0.15) is 39.3 Å². The molecule has 1 atom stereocenters. The van der Waals surface area contributed by atoms with E-state index in [1.54, 1.807) is 22.9 Å². The molecule has 1 unspecified atom stereocenters. The van der Waals surface area contributed by atoms with Gasteiger partial charge in [-0.05, 0) is 29.5 Å². The molecule has 2 heterocycles. The lowest BCUT2D eigenvalue weighted by Crippen LogP contribution is -2.33. The summed E-state index contributed by atoms with van der Waals surface area (Å²) >= 11 is 1.27. The van der Waals surface area contributed by atoms with E-state index >= 15 is 0 Å². The minimum absolute atomic E-state index is 0.0663. The van der Waals surface area contributed by atoms with Crippen LogP contribution in [0.3, 0.4) is 0 Å². The molecule has 0 aliphatic heterocycles. The van der Waals surface area contributed by atoms with E-state index in [4.69, 9.17) is 0 Å². The molecule has 3 aromatic rings. The van der Waals surface area contributed by atoms with E-state index in [-0.39, 0.29) is 35.1 Å². The zero-order valence-corrected chi connectivity index (χ0v) is 18.6. The fourth-order valence-electron chi connectivity index (χ4n) is 3.31. The first-order valence-electron chi connectivity index (χ1n) is 10.2. The second-order valence-corrected chi connectivity index (χ2v) is 9.01. The molecule has 0 saturated heterocycles. The van der Waals surface area contributed by atoms with E-state index in [0.29, 0.717) is 22.7 Å². The summed E-state index contributed by atoms with van der Waals surface area (Å²) in [5.41, 5.74) is 1.37. The van der Waals surface area contributed by atoms with Gasteiger partial charge in [-0.3, -0.25) is 14.2 Å². The smallest absolute Gasteiger partial charge is 0.263 e. The third kappa shape index (κ3) is 5.27. The molecule has 30 heavy (non-hydrogen) atoms. The predicted molar refractivity (Wildman–Crippen MR) is 122 cm³/mol. The average molecular weight is 425 g/mol. The van der Waals surface area contributed by atoms with Gasteiger partial charge in [-0.25, -0.2) is 9.97 Å². The van der Waals surface area contributed by atoms with Crippen molar-refractivity contribution in [3.63, 3.8) is 0 Å². The Balaban J connectivity index is 1.80. The first-order chi connectivity index (χ1) is 14.4. The molecular weight excluding hydrogens is 396 g/mol. The monoisotopic (exact) mass is 424 g/mol. The van der Waals surface area contributed by atoms with Crippen molar-refractivity contribution < 1.29 is 4.79 Å². The Kier molecular flexibility index (Phi) is 7.26. The van der Waals surface area contributed by atoms with Crippen molar-refractivity contribution in [3.8, 4) is 0 Å². The van der Waals surface area contributed by atoms with Crippen LogP contribution in [0.15, 0.2) is 58.6 Å². The van der Waals surface area contributed by atoms with Crippen molar-refractivity contribution in [2.75, 3.05) is 5.75 Å². The van der Waals surface area contributed by atoms with Crippen LogP contribution in [0.2, 0.25) is 0 Å². The molecule has 6 nitrogen and oxygen atoms in total. The maximum Gasteiger partial charge on any atom is 0.263 e. The maximum atomic E-state index is 13.0. The first kappa shape index (κ1) is 22.0. The highest BCUT2D eigenvalue weighted by atomic mass is 32.2. The summed E-state index contributed by atoms with van der Waals surface area (Å²) in [6, 6.07) is 13.4. The largest absolute Gasteiger partial charge is 0.348 e. The van der Waals surface area contributed by atoms with Crippen LogP contribution >= 0.6 is 11.8 Å². The molecule has 0 bridgehead atoms. The lowest BCUT2D eigenvalue weighted by Gasteiger charge is -2.23.